The molecule has 3 nitrogen and oxygen atoms in total. The molecule has 1 amide bonds. The minimum atomic E-state index is 0.397. The molecule has 2 rings (SSSR count). The fourth-order valence-electron chi connectivity index (χ4n) is 3.36. The highest BCUT2D eigenvalue weighted by Gasteiger charge is 2.35. The van der Waals surface area contributed by atoms with Crippen molar-refractivity contribution in [3.8, 4) is 0 Å². The van der Waals surface area contributed by atoms with E-state index < -0.39 is 0 Å². The zero-order chi connectivity index (χ0) is 12.3. The van der Waals surface area contributed by atoms with Crippen LogP contribution in [0.5, 0.6) is 0 Å². The Morgan fingerprint density at radius 3 is 2.53 bits per heavy atom. The molecule has 0 aromatic rings. The van der Waals surface area contributed by atoms with Gasteiger partial charge in [0.25, 0.3) is 0 Å². The maximum Gasteiger partial charge on any atom is 0.222 e. The normalized spacial score (nSPS) is 27.6. The molecule has 0 saturated carbocycles. The highest BCUT2D eigenvalue weighted by molar-refractivity contribution is 5.76. The van der Waals surface area contributed by atoms with Gasteiger partial charge in [0, 0.05) is 19.0 Å². The molecule has 98 valence electrons. The van der Waals surface area contributed by atoms with Gasteiger partial charge < -0.3 is 9.80 Å². The van der Waals surface area contributed by atoms with Crippen LogP contribution in [-0.2, 0) is 4.79 Å². The summed E-state index contributed by atoms with van der Waals surface area (Å²) in [6, 6.07) is 0.558. The first-order valence-electron chi connectivity index (χ1n) is 7.20. The number of rotatable bonds is 3. The monoisotopic (exact) mass is 238 g/mol. The highest BCUT2D eigenvalue weighted by Crippen LogP contribution is 2.31. The topological polar surface area (TPSA) is 23.6 Å². The average Bonchev–Trinajstić information content (AvgIpc) is 2.79. The van der Waals surface area contributed by atoms with Gasteiger partial charge in [-0.05, 0) is 58.2 Å². The van der Waals surface area contributed by atoms with E-state index >= 15 is 0 Å². The summed E-state index contributed by atoms with van der Waals surface area (Å²) < 4.78 is 0. The summed E-state index contributed by atoms with van der Waals surface area (Å²) in [6.45, 7) is 5.52. The fraction of sp³-hybridized carbons (Fsp3) is 0.929. The van der Waals surface area contributed by atoms with Crippen molar-refractivity contribution in [2.24, 2.45) is 5.92 Å². The molecule has 0 N–H and O–H groups in total. The molecule has 17 heavy (non-hydrogen) atoms. The van der Waals surface area contributed by atoms with Crippen LogP contribution < -0.4 is 0 Å². The Balaban J connectivity index is 1.92. The van der Waals surface area contributed by atoms with Crippen LogP contribution >= 0.6 is 0 Å². The summed E-state index contributed by atoms with van der Waals surface area (Å²) >= 11 is 0. The third kappa shape index (κ3) is 3.01. The maximum absolute atomic E-state index is 12.1. The second-order valence-electron chi connectivity index (χ2n) is 5.69. The molecule has 0 aliphatic carbocycles. The van der Waals surface area contributed by atoms with E-state index in [-0.39, 0.29) is 0 Å². The van der Waals surface area contributed by atoms with Crippen LogP contribution in [0.25, 0.3) is 0 Å². The van der Waals surface area contributed by atoms with E-state index in [1.807, 2.05) is 0 Å². The second-order valence-corrected chi connectivity index (χ2v) is 5.69. The number of piperidine rings is 1. The first kappa shape index (κ1) is 12.9. The molecule has 1 atom stereocenters. The van der Waals surface area contributed by atoms with E-state index in [1.54, 1.807) is 0 Å². The standard InChI is InChI=1S/C14H26N2O/c1-3-5-14(17)16-9-4-6-13(16)12-7-10-15(2)11-8-12/h12-13H,3-11H2,1-2H3. The zero-order valence-electron chi connectivity index (χ0n) is 11.3. The fourth-order valence-corrected chi connectivity index (χ4v) is 3.36. The van der Waals surface area contributed by atoms with Gasteiger partial charge in [0.2, 0.25) is 5.91 Å². The Hall–Kier alpha value is -0.570. The molecule has 0 spiro atoms. The molecule has 2 fully saturated rings. The lowest BCUT2D eigenvalue weighted by atomic mass is 9.88. The van der Waals surface area contributed by atoms with Crippen LogP contribution in [0.3, 0.4) is 0 Å². The number of carbonyl (C=O) groups excluding carboxylic acids is 1. The zero-order valence-corrected chi connectivity index (χ0v) is 11.3. The quantitative estimate of drug-likeness (QED) is 0.752. The molecule has 0 bridgehead atoms. The predicted octanol–water partition coefficient (Wildman–Crippen LogP) is 2.12. The van der Waals surface area contributed by atoms with Gasteiger partial charge >= 0.3 is 0 Å². The Kier molecular flexibility index (Phi) is 4.43. The molecular weight excluding hydrogens is 212 g/mol. The Morgan fingerprint density at radius 2 is 1.88 bits per heavy atom. The molecule has 2 aliphatic heterocycles. The Morgan fingerprint density at radius 1 is 1.18 bits per heavy atom. The molecular formula is C14H26N2O. The summed E-state index contributed by atoms with van der Waals surface area (Å²) in [4.78, 5) is 16.7. The molecule has 0 radical (unpaired) electrons. The van der Waals surface area contributed by atoms with Gasteiger partial charge in [-0.25, -0.2) is 0 Å². The number of likely N-dealkylation sites (tertiary alicyclic amines) is 2. The van der Waals surface area contributed by atoms with Crippen molar-refractivity contribution in [2.45, 2.75) is 51.5 Å². The van der Waals surface area contributed by atoms with E-state index in [4.69, 9.17) is 0 Å². The van der Waals surface area contributed by atoms with E-state index in [0.717, 1.165) is 25.3 Å². The summed E-state index contributed by atoms with van der Waals surface area (Å²) in [5, 5.41) is 0. The lowest BCUT2D eigenvalue weighted by molar-refractivity contribution is -0.133. The SMILES string of the molecule is CCCC(=O)N1CCCC1C1CCN(C)CC1. The summed E-state index contributed by atoms with van der Waals surface area (Å²) in [7, 11) is 2.20. The number of hydrogen-bond donors (Lipinski definition) is 0. The molecule has 2 saturated heterocycles. The van der Waals surface area contributed by atoms with Gasteiger partial charge in [0.1, 0.15) is 0 Å². The van der Waals surface area contributed by atoms with Crippen molar-refractivity contribution < 1.29 is 4.79 Å². The lowest BCUT2D eigenvalue weighted by Gasteiger charge is -2.37. The Labute approximate surface area is 105 Å². The number of hydrogen-bond acceptors (Lipinski definition) is 2. The largest absolute Gasteiger partial charge is 0.339 e. The third-order valence-corrected chi connectivity index (χ3v) is 4.39. The van der Waals surface area contributed by atoms with Crippen LogP contribution in [0, 0.1) is 5.92 Å². The maximum atomic E-state index is 12.1. The highest BCUT2D eigenvalue weighted by atomic mass is 16.2. The summed E-state index contributed by atoms with van der Waals surface area (Å²) in [5.74, 6) is 1.16. The third-order valence-electron chi connectivity index (χ3n) is 4.39. The van der Waals surface area contributed by atoms with Crippen molar-refractivity contribution in [2.75, 3.05) is 26.7 Å². The van der Waals surface area contributed by atoms with Crippen molar-refractivity contribution in [3.05, 3.63) is 0 Å². The Bertz CT molecular complexity index is 259. The average molecular weight is 238 g/mol. The number of nitrogens with zero attached hydrogens (tertiary/aromatic N) is 2. The minimum absolute atomic E-state index is 0.397. The van der Waals surface area contributed by atoms with Crippen LogP contribution in [0.15, 0.2) is 0 Å². The molecule has 1 unspecified atom stereocenters. The molecule has 3 heteroatoms. The number of amides is 1. The van der Waals surface area contributed by atoms with Crippen molar-refractivity contribution in [1.29, 1.82) is 0 Å². The van der Waals surface area contributed by atoms with E-state index in [0.29, 0.717) is 11.9 Å². The van der Waals surface area contributed by atoms with Gasteiger partial charge in [-0.15, -0.1) is 0 Å². The van der Waals surface area contributed by atoms with Crippen LogP contribution in [-0.4, -0.2) is 48.4 Å². The van der Waals surface area contributed by atoms with E-state index in [2.05, 4.69) is 23.8 Å². The van der Waals surface area contributed by atoms with Crippen LogP contribution in [0.1, 0.15) is 45.4 Å². The first-order valence-corrected chi connectivity index (χ1v) is 7.20. The lowest BCUT2D eigenvalue weighted by Crippen LogP contribution is -2.44. The van der Waals surface area contributed by atoms with Gasteiger partial charge in [-0.2, -0.15) is 0 Å². The predicted molar refractivity (Wildman–Crippen MR) is 69.9 cm³/mol. The minimum Gasteiger partial charge on any atom is -0.339 e. The van der Waals surface area contributed by atoms with E-state index in [9.17, 15) is 4.79 Å². The van der Waals surface area contributed by atoms with Crippen molar-refractivity contribution in [3.63, 3.8) is 0 Å². The van der Waals surface area contributed by atoms with Crippen molar-refractivity contribution >= 4 is 5.91 Å². The van der Waals surface area contributed by atoms with Crippen LogP contribution in [0.4, 0.5) is 0 Å². The van der Waals surface area contributed by atoms with Gasteiger partial charge in [-0.3, -0.25) is 4.79 Å². The molecule has 0 aromatic heterocycles. The second kappa shape index (κ2) is 5.85. The van der Waals surface area contributed by atoms with Crippen LogP contribution in [0.2, 0.25) is 0 Å². The number of carbonyl (C=O) groups is 1. The van der Waals surface area contributed by atoms with Gasteiger partial charge in [0.15, 0.2) is 0 Å². The molecule has 2 heterocycles. The summed E-state index contributed by atoms with van der Waals surface area (Å²) in [5.41, 5.74) is 0. The van der Waals surface area contributed by atoms with Gasteiger partial charge in [-0.1, -0.05) is 6.92 Å². The van der Waals surface area contributed by atoms with Crippen molar-refractivity contribution in [1.82, 2.24) is 9.80 Å². The summed E-state index contributed by atoms with van der Waals surface area (Å²) in [6.07, 6.45) is 6.73. The van der Waals surface area contributed by atoms with Gasteiger partial charge in [0.05, 0.1) is 0 Å². The smallest absolute Gasteiger partial charge is 0.222 e. The first-order chi connectivity index (χ1) is 8.22. The molecule has 0 aromatic carbocycles. The molecule has 2 aliphatic rings. The van der Waals surface area contributed by atoms with E-state index in [1.165, 1.54) is 38.8 Å².